The zero-order valence-electron chi connectivity index (χ0n) is 9.33. The maximum atomic E-state index is 5.27. The van der Waals surface area contributed by atoms with E-state index in [2.05, 4.69) is 25.7 Å². The third-order valence-electron chi connectivity index (χ3n) is 1.41. The predicted octanol–water partition coefficient (Wildman–Crippen LogP) is 1.09. The Morgan fingerprint density at radius 2 is 1.73 bits per heavy atom. The smallest absolute Gasteiger partial charge is 0.242 e. The first kappa shape index (κ1) is 12.0. The van der Waals surface area contributed by atoms with E-state index in [0.29, 0.717) is 17.1 Å². The van der Waals surface area contributed by atoms with Crippen LogP contribution in [0.15, 0.2) is 5.16 Å². The van der Waals surface area contributed by atoms with E-state index in [1.807, 2.05) is 27.0 Å². The molecule has 0 aromatic carbocycles. The van der Waals surface area contributed by atoms with Crippen LogP contribution in [0.2, 0.25) is 0 Å². The van der Waals surface area contributed by atoms with Crippen molar-refractivity contribution < 1.29 is 0 Å². The van der Waals surface area contributed by atoms with Crippen LogP contribution in [0.3, 0.4) is 0 Å². The van der Waals surface area contributed by atoms with E-state index in [-0.39, 0.29) is 5.54 Å². The summed E-state index contributed by atoms with van der Waals surface area (Å²) < 4.78 is 0. The van der Waals surface area contributed by atoms with Gasteiger partial charge in [-0.05, 0) is 27.0 Å². The van der Waals surface area contributed by atoms with Crippen LogP contribution in [0.25, 0.3) is 0 Å². The van der Waals surface area contributed by atoms with E-state index in [9.17, 15) is 0 Å². The molecule has 0 bridgehead atoms. The second-order valence-corrected chi connectivity index (χ2v) is 4.76. The van der Waals surface area contributed by atoms with E-state index >= 15 is 0 Å². The van der Waals surface area contributed by atoms with Gasteiger partial charge in [0.2, 0.25) is 11.9 Å². The number of hydrogen-bond donors (Lipinski definition) is 3. The molecule has 0 aliphatic heterocycles. The number of thioether (sulfide) groups is 1. The van der Waals surface area contributed by atoms with Crippen molar-refractivity contribution in [1.29, 1.82) is 0 Å². The Hall–Kier alpha value is -1.08. The molecule has 84 valence electrons. The van der Waals surface area contributed by atoms with Crippen molar-refractivity contribution in [2.24, 2.45) is 5.84 Å². The highest BCUT2D eigenvalue weighted by atomic mass is 32.2. The standard InChI is InChI=1S/C8H16N6S/c1-8(2,3)13-5-10-6(14-9)12-7(11-5)15-4/h9H2,1-4H3,(H2,10,11,12,13,14). The number of aromatic nitrogens is 3. The van der Waals surface area contributed by atoms with Crippen molar-refractivity contribution in [3.8, 4) is 0 Å². The lowest BCUT2D eigenvalue weighted by Crippen LogP contribution is -2.28. The lowest BCUT2D eigenvalue weighted by molar-refractivity contribution is 0.622. The summed E-state index contributed by atoms with van der Waals surface area (Å²) in [5.41, 5.74) is 2.32. The van der Waals surface area contributed by atoms with E-state index < -0.39 is 0 Å². The first-order valence-corrected chi connectivity index (χ1v) is 5.72. The summed E-state index contributed by atoms with van der Waals surface area (Å²) in [5.74, 6) is 6.15. The summed E-state index contributed by atoms with van der Waals surface area (Å²) in [7, 11) is 0. The number of anilines is 2. The van der Waals surface area contributed by atoms with Crippen LogP contribution in [0.1, 0.15) is 20.8 Å². The molecule has 7 heteroatoms. The van der Waals surface area contributed by atoms with Crippen molar-refractivity contribution >= 4 is 23.7 Å². The quantitative estimate of drug-likeness (QED) is 0.405. The van der Waals surface area contributed by atoms with Crippen LogP contribution in [-0.4, -0.2) is 26.7 Å². The summed E-state index contributed by atoms with van der Waals surface area (Å²) >= 11 is 1.44. The van der Waals surface area contributed by atoms with Crippen molar-refractivity contribution in [3.63, 3.8) is 0 Å². The van der Waals surface area contributed by atoms with Gasteiger partial charge < -0.3 is 5.32 Å². The highest BCUT2D eigenvalue weighted by molar-refractivity contribution is 7.98. The molecule has 0 unspecified atom stereocenters. The van der Waals surface area contributed by atoms with Gasteiger partial charge in [-0.1, -0.05) is 11.8 Å². The average molecular weight is 228 g/mol. The van der Waals surface area contributed by atoms with Gasteiger partial charge in [0.05, 0.1) is 0 Å². The van der Waals surface area contributed by atoms with Gasteiger partial charge in [-0.2, -0.15) is 15.0 Å². The topological polar surface area (TPSA) is 88.8 Å². The monoisotopic (exact) mass is 228 g/mol. The van der Waals surface area contributed by atoms with Crippen LogP contribution >= 0.6 is 11.8 Å². The molecule has 0 fully saturated rings. The Kier molecular flexibility index (Phi) is 3.70. The van der Waals surface area contributed by atoms with Gasteiger partial charge in [-0.25, -0.2) is 5.84 Å². The number of nitrogens with one attached hydrogen (secondary N) is 2. The van der Waals surface area contributed by atoms with Gasteiger partial charge in [-0.3, -0.25) is 5.43 Å². The number of hydrazine groups is 1. The maximum Gasteiger partial charge on any atom is 0.242 e. The minimum atomic E-state index is -0.0943. The van der Waals surface area contributed by atoms with Crippen LogP contribution < -0.4 is 16.6 Å². The van der Waals surface area contributed by atoms with Crippen molar-refractivity contribution in [2.45, 2.75) is 31.5 Å². The van der Waals surface area contributed by atoms with E-state index in [4.69, 9.17) is 5.84 Å². The first-order chi connectivity index (χ1) is 6.94. The number of rotatable bonds is 3. The molecular formula is C8H16N6S. The molecular weight excluding hydrogens is 212 g/mol. The molecule has 0 amide bonds. The summed E-state index contributed by atoms with van der Waals surface area (Å²) in [5, 5.41) is 3.79. The Morgan fingerprint density at radius 1 is 1.13 bits per heavy atom. The van der Waals surface area contributed by atoms with E-state index in [1.165, 1.54) is 11.8 Å². The molecule has 1 rings (SSSR count). The summed E-state index contributed by atoms with van der Waals surface area (Å²) in [6.45, 7) is 6.10. The van der Waals surface area contributed by atoms with Gasteiger partial charge >= 0.3 is 0 Å². The fourth-order valence-electron chi connectivity index (χ4n) is 0.904. The number of nitrogens with zero attached hydrogens (tertiary/aromatic N) is 3. The summed E-state index contributed by atoms with van der Waals surface area (Å²) in [6.07, 6.45) is 1.90. The molecule has 1 heterocycles. The lowest BCUT2D eigenvalue weighted by Gasteiger charge is -2.20. The Bertz CT molecular complexity index is 312. The molecule has 1 aromatic heterocycles. The lowest BCUT2D eigenvalue weighted by atomic mass is 10.1. The SMILES string of the molecule is CSc1nc(NN)nc(NC(C)(C)C)n1. The van der Waals surface area contributed by atoms with Gasteiger partial charge in [0, 0.05) is 5.54 Å². The Labute approximate surface area is 93.4 Å². The number of hydrogen-bond acceptors (Lipinski definition) is 7. The van der Waals surface area contributed by atoms with Crippen molar-refractivity contribution in [2.75, 3.05) is 17.0 Å². The molecule has 0 saturated heterocycles. The zero-order chi connectivity index (χ0) is 11.5. The van der Waals surface area contributed by atoms with Gasteiger partial charge in [0.1, 0.15) is 0 Å². The molecule has 0 saturated carbocycles. The molecule has 0 atom stereocenters. The molecule has 1 aromatic rings. The third kappa shape index (κ3) is 3.88. The van der Waals surface area contributed by atoms with Crippen molar-refractivity contribution in [3.05, 3.63) is 0 Å². The van der Waals surface area contributed by atoms with Crippen molar-refractivity contribution in [1.82, 2.24) is 15.0 Å². The van der Waals surface area contributed by atoms with Gasteiger partial charge in [0.25, 0.3) is 0 Å². The Morgan fingerprint density at radius 3 is 2.20 bits per heavy atom. The maximum absolute atomic E-state index is 5.27. The molecule has 0 aliphatic rings. The summed E-state index contributed by atoms with van der Waals surface area (Å²) in [4.78, 5) is 12.4. The highest BCUT2D eigenvalue weighted by Gasteiger charge is 2.13. The highest BCUT2D eigenvalue weighted by Crippen LogP contribution is 2.15. The number of nitrogens with two attached hydrogens (primary N) is 1. The first-order valence-electron chi connectivity index (χ1n) is 4.49. The molecule has 0 aliphatic carbocycles. The number of nitrogen functional groups attached to an aromatic ring is 1. The van der Waals surface area contributed by atoms with Gasteiger partial charge in [0.15, 0.2) is 5.16 Å². The third-order valence-corrected chi connectivity index (χ3v) is 1.96. The summed E-state index contributed by atoms with van der Waals surface area (Å²) in [6, 6.07) is 0. The van der Waals surface area contributed by atoms with E-state index in [0.717, 1.165) is 0 Å². The largest absolute Gasteiger partial charge is 0.349 e. The second kappa shape index (κ2) is 4.63. The zero-order valence-corrected chi connectivity index (χ0v) is 10.1. The van der Waals surface area contributed by atoms with Crippen LogP contribution in [0, 0.1) is 0 Å². The predicted molar refractivity (Wildman–Crippen MR) is 62.8 cm³/mol. The van der Waals surface area contributed by atoms with E-state index in [1.54, 1.807) is 0 Å². The fraction of sp³-hybridized carbons (Fsp3) is 0.625. The minimum absolute atomic E-state index is 0.0943. The van der Waals surface area contributed by atoms with Crippen LogP contribution in [0.5, 0.6) is 0 Å². The Balaban J connectivity index is 2.97. The molecule has 0 radical (unpaired) electrons. The molecule has 6 nitrogen and oxygen atoms in total. The molecule has 0 spiro atoms. The van der Waals surface area contributed by atoms with Crippen LogP contribution in [-0.2, 0) is 0 Å². The second-order valence-electron chi connectivity index (χ2n) is 3.99. The minimum Gasteiger partial charge on any atom is -0.349 e. The average Bonchev–Trinajstić information content (AvgIpc) is 2.14. The molecule has 4 N–H and O–H groups in total. The van der Waals surface area contributed by atoms with Crippen LogP contribution in [0.4, 0.5) is 11.9 Å². The normalized spacial score (nSPS) is 11.3. The fourth-order valence-corrected chi connectivity index (χ4v) is 1.26. The molecule has 15 heavy (non-hydrogen) atoms. The van der Waals surface area contributed by atoms with Gasteiger partial charge in [-0.15, -0.1) is 0 Å².